The normalized spacial score (nSPS) is 17.0. The van der Waals surface area contributed by atoms with Crippen LogP contribution in [0, 0.1) is 0 Å². The van der Waals surface area contributed by atoms with E-state index in [0.717, 1.165) is 11.3 Å². The van der Waals surface area contributed by atoms with Crippen LogP contribution in [0.4, 0.5) is 0 Å². The second kappa shape index (κ2) is 6.12. The number of carbonyl (C=O) groups excluding carboxylic acids is 1. The van der Waals surface area contributed by atoms with Crippen molar-refractivity contribution in [3.63, 3.8) is 0 Å². The highest BCUT2D eigenvalue weighted by atomic mass is 16.5. The highest BCUT2D eigenvalue weighted by Crippen LogP contribution is 2.35. The molecule has 23 heavy (non-hydrogen) atoms. The smallest absolute Gasteiger partial charge is 0.335 e. The summed E-state index contributed by atoms with van der Waals surface area (Å²) in [6.07, 6.45) is 0. The average molecular weight is 311 g/mol. The minimum atomic E-state index is -1.05. The summed E-state index contributed by atoms with van der Waals surface area (Å²) in [5, 5.41) is 11.9. The van der Waals surface area contributed by atoms with Crippen molar-refractivity contribution in [2.45, 2.75) is 18.9 Å². The molecule has 0 aliphatic carbocycles. The summed E-state index contributed by atoms with van der Waals surface area (Å²) in [6, 6.07) is 13.7. The third-order valence-corrected chi connectivity index (χ3v) is 4.07. The van der Waals surface area contributed by atoms with Crippen LogP contribution in [-0.2, 0) is 0 Å². The van der Waals surface area contributed by atoms with Gasteiger partial charge in [-0.25, -0.2) is 4.79 Å². The van der Waals surface area contributed by atoms with Crippen LogP contribution < -0.4 is 10.1 Å². The van der Waals surface area contributed by atoms with E-state index in [0.29, 0.717) is 12.2 Å². The molecule has 2 aromatic rings. The first kappa shape index (κ1) is 15.1. The molecular formula is C18H17NO4. The van der Waals surface area contributed by atoms with Crippen LogP contribution >= 0.6 is 0 Å². The Labute approximate surface area is 133 Å². The topological polar surface area (TPSA) is 75.6 Å². The van der Waals surface area contributed by atoms with Gasteiger partial charge < -0.3 is 15.2 Å². The van der Waals surface area contributed by atoms with Crippen LogP contribution in [0.2, 0.25) is 0 Å². The van der Waals surface area contributed by atoms with Crippen LogP contribution in [0.3, 0.4) is 0 Å². The largest absolute Gasteiger partial charge is 0.493 e. The van der Waals surface area contributed by atoms with Crippen molar-refractivity contribution in [3.05, 3.63) is 65.2 Å². The molecule has 1 amide bonds. The zero-order chi connectivity index (χ0) is 16.4. The van der Waals surface area contributed by atoms with Crippen molar-refractivity contribution in [2.24, 2.45) is 0 Å². The maximum Gasteiger partial charge on any atom is 0.335 e. The number of benzene rings is 2. The van der Waals surface area contributed by atoms with Gasteiger partial charge >= 0.3 is 5.97 Å². The molecule has 2 N–H and O–H groups in total. The number of nitrogens with one attached hydrogen (secondary N) is 1. The van der Waals surface area contributed by atoms with Crippen molar-refractivity contribution in [1.29, 1.82) is 0 Å². The fourth-order valence-electron chi connectivity index (χ4n) is 2.79. The summed E-state index contributed by atoms with van der Waals surface area (Å²) in [6.45, 7) is 2.45. The van der Waals surface area contributed by atoms with E-state index in [1.54, 1.807) is 12.1 Å². The zero-order valence-corrected chi connectivity index (χ0v) is 12.7. The Morgan fingerprint density at radius 1 is 1.17 bits per heavy atom. The first-order chi connectivity index (χ1) is 11.1. The van der Waals surface area contributed by atoms with Gasteiger partial charge in [-0.2, -0.15) is 0 Å². The summed E-state index contributed by atoms with van der Waals surface area (Å²) in [7, 11) is 0. The van der Waals surface area contributed by atoms with E-state index < -0.39 is 5.97 Å². The van der Waals surface area contributed by atoms with Gasteiger partial charge in [-0.1, -0.05) is 24.3 Å². The van der Waals surface area contributed by atoms with Gasteiger partial charge in [-0.3, -0.25) is 4.79 Å². The van der Waals surface area contributed by atoms with Gasteiger partial charge in [0.05, 0.1) is 12.2 Å². The number of para-hydroxylation sites is 1. The molecule has 0 radical (unpaired) electrons. The SMILES string of the molecule is C[C@H](NC(=O)c1cccc(C(=O)O)c1)[C@H]1COc2ccccc21. The number of aromatic carboxylic acids is 1. The summed E-state index contributed by atoms with van der Waals surface area (Å²) in [5.41, 5.74) is 1.52. The first-order valence-corrected chi connectivity index (χ1v) is 7.42. The number of amides is 1. The van der Waals surface area contributed by atoms with E-state index in [-0.39, 0.29) is 23.4 Å². The number of carboxylic acid groups (broad SMARTS) is 1. The average Bonchev–Trinajstić information content (AvgIpc) is 2.99. The fourth-order valence-corrected chi connectivity index (χ4v) is 2.79. The molecule has 0 spiro atoms. The summed E-state index contributed by atoms with van der Waals surface area (Å²) < 4.78 is 5.64. The molecule has 0 bridgehead atoms. The highest BCUT2D eigenvalue weighted by molar-refractivity contribution is 5.97. The van der Waals surface area contributed by atoms with E-state index >= 15 is 0 Å². The van der Waals surface area contributed by atoms with Gasteiger partial charge in [0.1, 0.15) is 5.75 Å². The third kappa shape index (κ3) is 3.04. The van der Waals surface area contributed by atoms with E-state index in [4.69, 9.17) is 9.84 Å². The number of ether oxygens (including phenoxy) is 1. The molecule has 2 atom stereocenters. The van der Waals surface area contributed by atoms with Gasteiger partial charge in [0.15, 0.2) is 0 Å². The molecule has 1 aliphatic rings. The molecule has 5 heteroatoms. The molecule has 5 nitrogen and oxygen atoms in total. The number of carbonyl (C=O) groups is 2. The van der Waals surface area contributed by atoms with Crippen molar-refractivity contribution in [2.75, 3.05) is 6.61 Å². The standard InChI is InChI=1S/C18H17NO4/c1-11(15-10-23-16-8-3-2-7-14(15)16)19-17(20)12-5-4-6-13(9-12)18(21)22/h2-9,11,15H,10H2,1H3,(H,19,20)(H,21,22)/t11-,15+/m0/s1. The fraction of sp³-hybridized carbons (Fsp3) is 0.222. The van der Waals surface area contributed by atoms with E-state index in [1.165, 1.54) is 12.1 Å². The minimum Gasteiger partial charge on any atom is -0.493 e. The van der Waals surface area contributed by atoms with Crippen molar-refractivity contribution in [3.8, 4) is 5.75 Å². The van der Waals surface area contributed by atoms with Crippen LogP contribution in [0.1, 0.15) is 39.1 Å². The Morgan fingerprint density at radius 3 is 2.70 bits per heavy atom. The summed E-state index contributed by atoms with van der Waals surface area (Å²) in [5.74, 6) is -0.403. The molecule has 1 aliphatic heterocycles. The lowest BCUT2D eigenvalue weighted by molar-refractivity contribution is 0.0697. The molecule has 118 valence electrons. The maximum absolute atomic E-state index is 12.4. The number of rotatable bonds is 4. The Bertz CT molecular complexity index is 756. The minimum absolute atomic E-state index is 0.0813. The number of hydrogen-bond donors (Lipinski definition) is 2. The molecule has 0 saturated heterocycles. The van der Waals surface area contributed by atoms with Gasteiger partial charge in [-0.05, 0) is 31.2 Å². The van der Waals surface area contributed by atoms with Gasteiger partial charge in [-0.15, -0.1) is 0 Å². The molecule has 0 aromatic heterocycles. The molecular weight excluding hydrogens is 294 g/mol. The summed E-state index contributed by atoms with van der Waals surface area (Å²) in [4.78, 5) is 23.3. The quantitative estimate of drug-likeness (QED) is 0.910. The predicted octanol–water partition coefficient (Wildman–Crippen LogP) is 2.68. The van der Waals surface area contributed by atoms with E-state index in [1.807, 2.05) is 31.2 Å². The number of hydrogen-bond acceptors (Lipinski definition) is 3. The van der Waals surface area contributed by atoms with Crippen LogP contribution in [0.25, 0.3) is 0 Å². The number of fused-ring (bicyclic) bond motifs is 1. The monoisotopic (exact) mass is 311 g/mol. The third-order valence-electron chi connectivity index (χ3n) is 4.07. The Kier molecular flexibility index (Phi) is 4.02. The number of carboxylic acids is 1. The lowest BCUT2D eigenvalue weighted by Gasteiger charge is -2.20. The second-order valence-corrected chi connectivity index (χ2v) is 5.60. The van der Waals surface area contributed by atoms with Crippen LogP contribution in [-0.4, -0.2) is 29.6 Å². The van der Waals surface area contributed by atoms with Gasteiger partial charge in [0, 0.05) is 23.1 Å². The maximum atomic E-state index is 12.4. The second-order valence-electron chi connectivity index (χ2n) is 5.60. The molecule has 2 aromatic carbocycles. The Morgan fingerprint density at radius 2 is 1.91 bits per heavy atom. The lowest BCUT2D eigenvalue weighted by atomic mass is 9.94. The molecule has 0 fully saturated rings. The van der Waals surface area contributed by atoms with Gasteiger partial charge in [0.25, 0.3) is 5.91 Å². The van der Waals surface area contributed by atoms with Crippen molar-refractivity contribution in [1.82, 2.24) is 5.32 Å². The highest BCUT2D eigenvalue weighted by Gasteiger charge is 2.29. The van der Waals surface area contributed by atoms with E-state index in [2.05, 4.69) is 5.32 Å². The van der Waals surface area contributed by atoms with Gasteiger partial charge in [0.2, 0.25) is 0 Å². The predicted molar refractivity (Wildman–Crippen MR) is 85.0 cm³/mol. The van der Waals surface area contributed by atoms with Crippen LogP contribution in [0.5, 0.6) is 5.75 Å². The van der Waals surface area contributed by atoms with E-state index in [9.17, 15) is 9.59 Å². The Hall–Kier alpha value is -2.82. The summed E-state index contributed by atoms with van der Waals surface area (Å²) >= 11 is 0. The molecule has 0 saturated carbocycles. The lowest BCUT2D eigenvalue weighted by Crippen LogP contribution is -2.37. The van der Waals surface area contributed by atoms with Crippen molar-refractivity contribution >= 4 is 11.9 Å². The zero-order valence-electron chi connectivity index (χ0n) is 12.7. The first-order valence-electron chi connectivity index (χ1n) is 7.42. The van der Waals surface area contributed by atoms with Crippen molar-refractivity contribution < 1.29 is 19.4 Å². The molecule has 1 heterocycles. The Balaban J connectivity index is 1.73. The molecule has 0 unspecified atom stereocenters. The molecule has 3 rings (SSSR count). The van der Waals surface area contributed by atoms with Crippen LogP contribution in [0.15, 0.2) is 48.5 Å².